The number of ether oxygens (including phenoxy) is 2. The highest BCUT2D eigenvalue weighted by Gasteiger charge is 2.12. The number of aliphatic imine (C=N–C) groups is 2. The van der Waals surface area contributed by atoms with Gasteiger partial charge in [0.1, 0.15) is 11.5 Å². The molecule has 0 N–H and O–H groups in total. The number of benzene rings is 2. The minimum absolute atomic E-state index is 0.260. The second-order valence-corrected chi connectivity index (χ2v) is 5.39. The van der Waals surface area contributed by atoms with Crippen LogP contribution in [0.5, 0.6) is 11.5 Å². The van der Waals surface area contributed by atoms with Crippen LogP contribution in [0.25, 0.3) is 0 Å². The largest absolute Gasteiger partial charge is 0.519 e. The minimum Gasteiger partial charge on any atom is -0.395 e. The number of hydrogen-bond acceptors (Lipinski definition) is 7. The van der Waals surface area contributed by atoms with E-state index >= 15 is 0 Å². The third kappa shape index (κ3) is 5.24. The van der Waals surface area contributed by atoms with Crippen molar-refractivity contribution in [2.24, 2.45) is 9.98 Å². The van der Waals surface area contributed by atoms with Gasteiger partial charge in [0.15, 0.2) is 0 Å². The molecular weight excluding hydrogens is 336 g/mol. The van der Waals surface area contributed by atoms with Gasteiger partial charge in [-0.1, -0.05) is 24.3 Å². The maximum atomic E-state index is 12.0. The predicted octanol–water partition coefficient (Wildman–Crippen LogP) is 4.06. The molecule has 0 bridgehead atoms. The van der Waals surface area contributed by atoms with Crippen LogP contribution in [0, 0.1) is 0 Å². The van der Waals surface area contributed by atoms with Crippen LogP contribution >= 0.6 is 0 Å². The van der Waals surface area contributed by atoms with Crippen molar-refractivity contribution >= 4 is 18.3 Å². The van der Waals surface area contributed by atoms with Crippen molar-refractivity contribution in [1.29, 1.82) is 0 Å². The zero-order chi connectivity index (χ0) is 18.9. The first-order valence-electron chi connectivity index (χ1n) is 7.77. The zero-order valence-corrected chi connectivity index (χ0v) is 14.2. The van der Waals surface area contributed by atoms with Crippen molar-refractivity contribution in [2.75, 3.05) is 0 Å². The Kier molecular flexibility index (Phi) is 6.57. The van der Waals surface area contributed by atoms with Crippen molar-refractivity contribution in [3.05, 3.63) is 59.7 Å². The first-order valence-corrected chi connectivity index (χ1v) is 7.77. The molecule has 7 nitrogen and oxygen atoms in total. The van der Waals surface area contributed by atoms with Crippen molar-refractivity contribution in [1.82, 2.24) is 0 Å². The van der Waals surface area contributed by atoms with Gasteiger partial charge in [-0.25, -0.2) is 14.4 Å². The summed E-state index contributed by atoms with van der Waals surface area (Å²) in [7, 11) is 0. The van der Waals surface area contributed by atoms with Crippen molar-refractivity contribution in [2.45, 2.75) is 25.9 Å². The summed E-state index contributed by atoms with van der Waals surface area (Å²) < 4.78 is 10.3. The molecule has 26 heavy (non-hydrogen) atoms. The van der Waals surface area contributed by atoms with E-state index in [0.717, 1.165) is 0 Å². The Bertz CT molecular complexity index is 812. The molecule has 0 aromatic heterocycles. The Morgan fingerprint density at radius 1 is 0.846 bits per heavy atom. The fourth-order valence-electron chi connectivity index (χ4n) is 2.20. The van der Waals surface area contributed by atoms with Crippen LogP contribution in [0.3, 0.4) is 0 Å². The Morgan fingerprint density at radius 2 is 1.27 bits per heavy atom. The molecule has 2 rings (SSSR count). The number of carbonyl (C=O) groups excluding carboxylic acids is 3. The quantitative estimate of drug-likeness (QED) is 0.338. The molecule has 0 amide bonds. The fourth-order valence-corrected chi connectivity index (χ4v) is 2.20. The van der Waals surface area contributed by atoms with Crippen molar-refractivity contribution in [3.63, 3.8) is 0 Å². The van der Waals surface area contributed by atoms with Gasteiger partial charge in [0, 0.05) is 0 Å². The average molecular weight is 352 g/mol. The molecule has 132 valence electrons. The summed E-state index contributed by atoms with van der Waals surface area (Å²) in [6.45, 7) is 3.44. The van der Waals surface area contributed by atoms with E-state index < -0.39 is 18.2 Å². The molecule has 0 aliphatic carbocycles. The van der Waals surface area contributed by atoms with Gasteiger partial charge in [-0.3, -0.25) is 0 Å². The average Bonchev–Trinajstić information content (AvgIpc) is 2.62. The maximum Gasteiger partial charge on any atom is 0.519 e. The van der Waals surface area contributed by atoms with Crippen LogP contribution in [-0.2, 0) is 9.59 Å². The van der Waals surface area contributed by atoms with E-state index in [1.807, 2.05) is 0 Å². The molecule has 2 aromatic rings. The molecule has 0 spiro atoms. The van der Waals surface area contributed by atoms with Crippen LogP contribution < -0.4 is 9.47 Å². The first kappa shape index (κ1) is 18.8. The van der Waals surface area contributed by atoms with Gasteiger partial charge in [-0.05, 0) is 49.2 Å². The second-order valence-electron chi connectivity index (χ2n) is 5.39. The normalized spacial score (nSPS) is 12.1. The predicted molar refractivity (Wildman–Crippen MR) is 92.6 cm³/mol. The van der Waals surface area contributed by atoms with Gasteiger partial charge < -0.3 is 9.47 Å². The van der Waals surface area contributed by atoms with E-state index in [1.54, 1.807) is 62.4 Å². The zero-order valence-electron chi connectivity index (χ0n) is 14.2. The SMILES string of the molecule is CC(N=C=O)c1cccc(OC(=O)Oc2cccc(C(C)N=C=O)c2)c1. The van der Waals surface area contributed by atoms with Crippen LogP contribution in [-0.4, -0.2) is 18.3 Å². The lowest BCUT2D eigenvalue weighted by atomic mass is 10.1. The van der Waals surface area contributed by atoms with E-state index in [-0.39, 0.29) is 11.5 Å². The van der Waals surface area contributed by atoms with Gasteiger partial charge in [0.2, 0.25) is 12.2 Å². The van der Waals surface area contributed by atoms with E-state index in [4.69, 9.17) is 9.47 Å². The first-order chi connectivity index (χ1) is 12.5. The van der Waals surface area contributed by atoms with Crippen molar-refractivity contribution in [3.8, 4) is 11.5 Å². The highest BCUT2D eigenvalue weighted by molar-refractivity contribution is 5.67. The number of nitrogens with zero attached hydrogens (tertiary/aromatic N) is 2. The summed E-state index contributed by atoms with van der Waals surface area (Å²) in [5.41, 5.74) is 1.39. The molecular formula is C19H16N2O5. The number of rotatable bonds is 6. The van der Waals surface area contributed by atoms with Gasteiger partial charge in [0.05, 0.1) is 12.1 Å². The minimum atomic E-state index is -0.919. The molecule has 0 saturated heterocycles. The van der Waals surface area contributed by atoms with Gasteiger partial charge in [-0.15, -0.1) is 0 Å². The highest BCUT2D eigenvalue weighted by Crippen LogP contribution is 2.24. The maximum absolute atomic E-state index is 12.0. The topological polar surface area (TPSA) is 94.4 Å². The summed E-state index contributed by atoms with van der Waals surface area (Å²) >= 11 is 0. The third-order valence-electron chi connectivity index (χ3n) is 3.58. The van der Waals surface area contributed by atoms with E-state index in [1.165, 1.54) is 12.2 Å². The van der Waals surface area contributed by atoms with Crippen LogP contribution in [0.2, 0.25) is 0 Å². The van der Waals surface area contributed by atoms with E-state index in [9.17, 15) is 14.4 Å². The molecule has 2 aromatic carbocycles. The molecule has 0 saturated carbocycles. The Morgan fingerprint density at radius 3 is 1.65 bits per heavy atom. The second kappa shape index (κ2) is 9.08. The lowest BCUT2D eigenvalue weighted by Crippen LogP contribution is -2.14. The molecule has 0 aliphatic rings. The molecule has 2 unspecified atom stereocenters. The summed E-state index contributed by atoms with van der Waals surface area (Å²) in [4.78, 5) is 39.9. The smallest absolute Gasteiger partial charge is 0.395 e. The van der Waals surface area contributed by atoms with Gasteiger partial charge in [-0.2, -0.15) is 9.98 Å². The fraction of sp³-hybridized carbons (Fsp3) is 0.211. The lowest BCUT2D eigenvalue weighted by molar-refractivity contribution is 0.152. The molecule has 0 fully saturated rings. The monoisotopic (exact) mass is 352 g/mol. The van der Waals surface area contributed by atoms with Gasteiger partial charge >= 0.3 is 6.16 Å². The number of carbonyl (C=O) groups is 1. The summed E-state index contributed by atoms with van der Waals surface area (Å²) in [5.74, 6) is 0.519. The number of hydrogen-bond donors (Lipinski definition) is 0. The van der Waals surface area contributed by atoms with Crippen LogP contribution in [0.15, 0.2) is 58.5 Å². The highest BCUT2D eigenvalue weighted by atomic mass is 16.7. The molecule has 2 atom stereocenters. The van der Waals surface area contributed by atoms with E-state index in [0.29, 0.717) is 11.1 Å². The van der Waals surface area contributed by atoms with Crippen LogP contribution in [0.4, 0.5) is 4.79 Å². The van der Waals surface area contributed by atoms with Crippen LogP contribution in [0.1, 0.15) is 37.1 Å². The summed E-state index contributed by atoms with van der Waals surface area (Å²) in [6, 6.07) is 12.4. The molecule has 7 heteroatoms. The summed E-state index contributed by atoms with van der Waals surface area (Å²) in [5, 5.41) is 0. The standard InChI is InChI=1S/C19H16N2O5/c1-13(20-11-22)15-5-3-7-17(9-15)25-19(24)26-18-8-4-6-16(10-18)14(2)21-12-23/h3-10,13-14H,1-2H3. The van der Waals surface area contributed by atoms with Gasteiger partial charge in [0.25, 0.3) is 0 Å². The summed E-state index contributed by atoms with van der Waals surface area (Å²) in [6.07, 6.45) is 2.07. The third-order valence-corrected chi connectivity index (χ3v) is 3.58. The lowest BCUT2D eigenvalue weighted by Gasteiger charge is -2.10. The van der Waals surface area contributed by atoms with E-state index in [2.05, 4.69) is 9.98 Å². The molecule has 0 aliphatic heterocycles. The van der Waals surface area contributed by atoms with Crippen molar-refractivity contribution < 1.29 is 23.9 Å². The Hall–Kier alpha value is -3.53. The number of isocyanates is 2. The Balaban J connectivity index is 2.07. The Labute approximate surface area is 150 Å². The molecule has 0 heterocycles. The molecule has 0 radical (unpaired) electrons.